The van der Waals surface area contributed by atoms with Crippen LogP contribution in [0.15, 0.2) is 48.7 Å². The third-order valence-electron chi connectivity index (χ3n) is 4.43. The van der Waals surface area contributed by atoms with Crippen molar-refractivity contribution in [3.05, 3.63) is 59.9 Å². The van der Waals surface area contributed by atoms with Crippen molar-refractivity contribution in [1.82, 2.24) is 19.8 Å². The van der Waals surface area contributed by atoms with Gasteiger partial charge in [-0.2, -0.15) is 0 Å². The Morgan fingerprint density at radius 1 is 1.15 bits per heavy atom. The molecule has 6 heteroatoms. The molecule has 2 aromatic rings. The lowest BCUT2D eigenvalue weighted by molar-refractivity contribution is 0.0644. The van der Waals surface area contributed by atoms with Gasteiger partial charge in [0.2, 0.25) is 5.95 Å². The van der Waals surface area contributed by atoms with E-state index in [9.17, 15) is 4.79 Å². The van der Waals surface area contributed by atoms with Gasteiger partial charge in [-0.3, -0.25) is 9.69 Å². The Morgan fingerprint density at radius 2 is 1.89 bits per heavy atom. The molecule has 1 aromatic carbocycles. The molecule has 0 atom stereocenters. The van der Waals surface area contributed by atoms with E-state index in [1.807, 2.05) is 36.9 Å². The molecule has 27 heavy (non-hydrogen) atoms. The molecular weight excluding hydrogens is 338 g/mol. The number of carbonyl (C=O) groups is 1. The molecule has 1 saturated heterocycles. The van der Waals surface area contributed by atoms with Crippen LogP contribution in [0, 0.1) is 0 Å². The smallest absolute Gasteiger partial charge is 0.272 e. The maximum absolute atomic E-state index is 12.7. The normalized spacial score (nSPS) is 15.4. The van der Waals surface area contributed by atoms with Crippen molar-refractivity contribution >= 4 is 17.9 Å². The number of amides is 1. The molecule has 1 N–H and O–H groups in total. The van der Waals surface area contributed by atoms with Crippen molar-refractivity contribution in [2.24, 2.45) is 0 Å². The second kappa shape index (κ2) is 9.28. The Hall–Kier alpha value is -2.73. The van der Waals surface area contributed by atoms with Gasteiger partial charge in [-0.05, 0) is 25.5 Å². The fraction of sp³-hybridized carbons (Fsp3) is 0.381. The zero-order chi connectivity index (χ0) is 19.1. The van der Waals surface area contributed by atoms with E-state index < -0.39 is 0 Å². The lowest BCUT2D eigenvalue weighted by Gasteiger charge is -2.34. The SMILES string of the molecule is CC(C)Nc1nccc(C(=O)N2CCN(C/C=C/c3ccccc3)CC2)n1. The fourth-order valence-electron chi connectivity index (χ4n) is 3.00. The van der Waals surface area contributed by atoms with E-state index >= 15 is 0 Å². The van der Waals surface area contributed by atoms with Gasteiger partial charge in [0.05, 0.1) is 0 Å². The predicted octanol–water partition coefficient (Wildman–Crippen LogP) is 2.77. The van der Waals surface area contributed by atoms with E-state index in [1.165, 1.54) is 5.56 Å². The van der Waals surface area contributed by atoms with E-state index in [1.54, 1.807) is 12.3 Å². The van der Waals surface area contributed by atoms with Crippen LogP contribution >= 0.6 is 0 Å². The lowest BCUT2D eigenvalue weighted by Crippen LogP contribution is -2.48. The van der Waals surface area contributed by atoms with Crippen molar-refractivity contribution < 1.29 is 4.79 Å². The Kier molecular flexibility index (Phi) is 6.54. The van der Waals surface area contributed by atoms with Gasteiger partial charge in [0, 0.05) is 45.0 Å². The minimum Gasteiger partial charge on any atom is -0.352 e. The van der Waals surface area contributed by atoms with Crippen LogP contribution in [-0.4, -0.2) is 64.4 Å². The molecule has 0 spiro atoms. The second-order valence-electron chi connectivity index (χ2n) is 6.97. The zero-order valence-corrected chi connectivity index (χ0v) is 16.0. The first-order valence-corrected chi connectivity index (χ1v) is 9.44. The van der Waals surface area contributed by atoms with Gasteiger partial charge in [-0.25, -0.2) is 9.97 Å². The third-order valence-corrected chi connectivity index (χ3v) is 4.43. The highest BCUT2D eigenvalue weighted by Gasteiger charge is 2.22. The maximum atomic E-state index is 12.7. The number of rotatable bonds is 6. The average molecular weight is 365 g/mol. The first-order chi connectivity index (χ1) is 13.1. The predicted molar refractivity (Wildman–Crippen MR) is 109 cm³/mol. The van der Waals surface area contributed by atoms with E-state index in [0.717, 1.165) is 32.7 Å². The molecule has 3 rings (SSSR count). The molecule has 1 aliphatic rings. The van der Waals surface area contributed by atoms with Gasteiger partial charge in [0.1, 0.15) is 5.69 Å². The molecule has 1 aliphatic heterocycles. The van der Waals surface area contributed by atoms with Crippen molar-refractivity contribution in [3.63, 3.8) is 0 Å². The van der Waals surface area contributed by atoms with Crippen molar-refractivity contribution in [2.45, 2.75) is 19.9 Å². The standard InChI is InChI=1S/C21H27N5O/c1-17(2)23-21-22-11-10-19(24-21)20(27)26-15-13-25(14-16-26)12-6-9-18-7-4-3-5-8-18/h3-11,17H,12-16H2,1-2H3,(H,22,23,24)/b9-6+. The first-order valence-electron chi connectivity index (χ1n) is 9.44. The number of carbonyl (C=O) groups excluding carboxylic acids is 1. The topological polar surface area (TPSA) is 61.4 Å². The summed E-state index contributed by atoms with van der Waals surface area (Å²) in [6.07, 6.45) is 5.96. The summed E-state index contributed by atoms with van der Waals surface area (Å²) >= 11 is 0. The van der Waals surface area contributed by atoms with E-state index in [2.05, 4.69) is 44.5 Å². The molecular formula is C21H27N5O. The van der Waals surface area contributed by atoms with Crippen molar-refractivity contribution in [1.29, 1.82) is 0 Å². The molecule has 2 heterocycles. The third kappa shape index (κ3) is 5.62. The molecule has 0 bridgehead atoms. The molecule has 1 amide bonds. The van der Waals surface area contributed by atoms with Gasteiger partial charge in [0.15, 0.2) is 0 Å². The maximum Gasteiger partial charge on any atom is 0.272 e. The van der Waals surface area contributed by atoms with Crippen LogP contribution in [0.4, 0.5) is 5.95 Å². The number of aromatic nitrogens is 2. The number of nitrogens with zero attached hydrogens (tertiary/aromatic N) is 4. The van der Waals surface area contributed by atoms with Gasteiger partial charge in [-0.15, -0.1) is 0 Å². The first kappa shape index (κ1) is 19.0. The van der Waals surface area contributed by atoms with Crippen LogP contribution < -0.4 is 5.32 Å². The highest BCUT2D eigenvalue weighted by atomic mass is 16.2. The minimum atomic E-state index is -0.0244. The fourth-order valence-corrected chi connectivity index (χ4v) is 3.00. The van der Waals surface area contributed by atoms with Gasteiger partial charge in [-0.1, -0.05) is 42.5 Å². The number of piperazine rings is 1. The number of hydrogen-bond donors (Lipinski definition) is 1. The quantitative estimate of drug-likeness (QED) is 0.853. The average Bonchev–Trinajstić information content (AvgIpc) is 2.68. The van der Waals surface area contributed by atoms with Crippen molar-refractivity contribution in [3.8, 4) is 0 Å². The molecule has 142 valence electrons. The Morgan fingerprint density at radius 3 is 2.59 bits per heavy atom. The van der Waals surface area contributed by atoms with Gasteiger partial charge < -0.3 is 10.2 Å². The summed E-state index contributed by atoms with van der Waals surface area (Å²) in [5, 5.41) is 3.14. The van der Waals surface area contributed by atoms with E-state index in [4.69, 9.17) is 0 Å². The van der Waals surface area contributed by atoms with Crippen LogP contribution in [-0.2, 0) is 0 Å². The van der Waals surface area contributed by atoms with Crippen LogP contribution in [0.5, 0.6) is 0 Å². The molecule has 0 unspecified atom stereocenters. The molecule has 0 saturated carbocycles. The molecule has 1 aromatic heterocycles. The van der Waals surface area contributed by atoms with Crippen LogP contribution in [0.25, 0.3) is 6.08 Å². The number of anilines is 1. The van der Waals surface area contributed by atoms with Crippen LogP contribution in [0.2, 0.25) is 0 Å². The molecule has 6 nitrogen and oxygen atoms in total. The Labute approximate surface area is 160 Å². The van der Waals surface area contributed by atoms with Gasteiger partial charge in [0.25, 0.3) is 5.91 Å². The second-order valence-corrected chi connectivity index (χ2v) is 6.97. The van der Waals surface area contributed by atoms with Crippen molar-refractivity contribution in [2.75, 3.05) is 38.0 Å². The Bertz CT molecular complexity index is 767. The Balaban J connectivity index is 1.50. The minimum absolute atomic E-state index is 0.0244. The number of nitrogens with one attached hydrogen (secondary N) is 1. The summed E-state index contributed by atoms with van der Waals surface area (Å²) in [5.41, 5.74) is 1.66. The lowest BCUT2D eigenvalue weighted by atomic mass is 10.2. The highest BCUT2D eigenvalue weighted by Crippen LogP contribution is 2.10. The summed E-state index contributed by atoms with van der Waals surface area (Å²) in [6, 6.07) is 12.2. The summed E-state index contributed by atoms with van der Waals surface area (Å²) in [4.78, 5) is 25.5. The van der Waals surface area contributed by atoms with E-state index in [0.29, 0.717) is 11.6 Å². The summed E-state index contributed by atoms with van der Waals surface area (Å²) < 4.78 is 0. The van der Waals surface area contributed by atoms with E-state index in [-0.39, 0.29) is 11.9 Å². The summed E-state index contributed by atoms with van der Waals surface area (Å²) in [7, 11) is 0. The zero-order valence-electron chi connectivity index (χ0n) is 16.0. The summed E-state index contributed by atoms with van der Waals surface area (Å²) in [6.45, 7) is 8.10. The largest absolute Gasteiger partial charge is 0.352 e. The number of benzene rings is 1. The molecule has 1 fully saturated rings. The highest BCUT2D eigenvalue weighted by molar-refractivity contribution is 5.92. The van der Waals surface area contributed by atoms with Crippen LogP contribution in [0.1, 0.15) is 29.9 Å². The molecule has 0 aliphatic carbocycles. The monoisotopic (exact) mass is 365 g/mol. The number of hydrogen-bond acceptors (Lipinski definition) is 5. The summed E-state index contributed by atoms with van der Waals surface area (Å²) in [5.74, 6) is 0.476. The van der Waals surface area contributed by atoms with Gasteiger partial charge >= 0.3 is 0 Å². The molecule has 0 radical (unpaired) electrons. The van der Waals surface area contributed by atoms with Crippen LogP contribution in [0.3, 0.4) is 0 Å².